The van der Waals surface area contributed by atoms with Crippen molar-refractivity contribution in [3.05, 3.63) is 64.4 Å². The van der Waals surface area contributed by atoms with E-state index < -0.39 is 0 Å². The number of rotatable bonds is 7. The van der Waals surface area contributed by atoms with E-state index in [4.69, 9.17) is 23.2 Å². The Bertz CT molecular complexity index is 1070. The number of carbonyl (C=O) groups is 2. The van der Waals surface area contributed by atoms with Crippen LogP contribution in [0.25, 0.3) is 5.69 Å². The number of para-hydroxylation sites is 1. The highest BCUT2D eigenvalue weighted by molar-refractivity contribution is 7.99. The lowest BCUT2D eigenvalue weighted by atomic mass is 10.2. The summed E-state index contributed by atoms with van der Waals surface area (Å²) >= 11 is 13.5. The average molecular weight is 464 g/mol. The summed E-state index contributed by atoms with van der Waals surface area (Å²) in [5.41, 5.74) is 2.27. The van der Waals surface area contributed by atoms with Crippen LogP contribution in [0.4, 0.5) is 5.69 Å². The zero-order valence-corrected chi connectivity index (χ0v) is 18.6. The van der Waals surface area contributed by atoms with Crippen LogP contribution in [0.1, 0.15) is 5.56 Å². The van der Waals surface area contributed by atoms with E-state index in [0.717, 1.165) is 11.3 Å². The topological polar surface area (TPSA) is 80.1 Å². The van der Waals surface area contributed by atoms with Gasteiger partial charge in [0, 0.05) is 12.1 Å². The largest absolute Gasteiger partial charge is 0.336 e. The number of nitrogens with zero attached hydrogens (tertiary/aromatic N) is 4. The van der Waals surface area contributed by atoms with Crippen molar-refractivity contribution in [1.29, 1.82) is 0 Å². The lowest BCUT2D eigenvalue weighted by Gasteiger charge is -2.17. The van der Waals surface area contributed by atoms with Crippen molar-refractivity contribution in [2.45, 2.75) is 12.1 Å². The number of amides is 2. The van der Waals surface area contributed by atoms with Crippen molar-refractivity contribution in [2.75, 3.05) is 24.7 Å². The van der Waals surface area contributed by atoms with Gasteiger partial charge in [0.25, 0.3) is 0 Å². The molecule has 156 valence electrons. The van der Waals surface area contributed by atoms with E-state index in [1.807, 2.05) is 25.1 Å². The molecule has 0 atom stereocenters. The standard InChI is InChI=1S/C20H19Cl2N5O2S/c1-13-7-8-14(9-16(13)22)27-12-23-25-20(27)30-11-19(29)26(2)10-18(28)24-17-6-4-3-5-15(17)21/h3-9,12H,10-11H2,1-2H3,(H,24,28). The number of anilines is 1. The maximum absolute atomic E-state index is 12.5. The third-order valence-electron chi connectivity index (χ3n) is 4.23. The lowest BCUT2D eigenvalue weighted by Crippen LogP contribution is -2.36. The maximum Gasteiger partial charge on any atom is 0.244 e. The first-order valence-corrected chi connectivity index (χ1v) is 10.7. The van der Waals surface area contributed by atoms with Crippen LogP contribution in [0.5, 0.6) is 0 Å². The number of aromatic nitrogens is 3. The summed E-state index contributed by atoms with van der Waals surface area (Å²) in [5.74, 6) is -0.444. The molecule has 3 aromatic rings. The van der Waals surface area contributed by atoms with Crippen molar-refractivity contribution in [1.82, 2.24) is 19.7 Å². The zero-order valence-electron chi connectivity index (χ0n) is 16.3. The van der Waals surface area contributed by atoms with Crippen molar-refractivity contribution in [2.24, 2.45) is 0 Å². The molecule has 30 heavy (non-hydrogen) atoms. The van der Waals surface area contributed by atoms with Gasteiger partial charge in [-0.2, -0.15) is 0 Å². The Morgan fingerprint density at radius 1 is 1.17 bits per heavy atom. The molecular formula is C20H19Cl2N5O2S. The van der Waals surface area contributed by atoms with Gasteiger partial charge in [0.2, 0.25) is 11.8 Å². The fourth-order valence-electron chi connectivity index (χ4n) is 2.52. The molecule has 0 saturated carbocycles. The highest BCUT2D eigenvalue weighted by Crippen LogP contribution is 2.24. The summed E-state index contributed by atoms with van der Waals surface area (Å²) in [5, 5.41) is 12.3. The van der Waals surface area contributed by atoms with Gasteiger partial charge in [0.15, 0.2) is 5.16 Å². The van der Waals surface area contributed by atoms with Gasteiger partial charge in [0.1, 0.15) is 6.33 Å². The van der Waals surface area contributed by atoms with Gasteiger partial charge in [-0.15, -0.1) is 10.2 Å². The Kier molecular flexibility index (Phi) is 7.36. The summed E-state index contributed by atoms with van der Waals surface area (Å²) < 4.78 is 1.76. The Morgan fingerprint density at radius 3 is 2.67 bits per heavy atom. The first kappa shape index (κ1) is 22.1. The number of halogens is 2. The summed E-state index contributed by atoms with van der Waals surface area (Å²) in [6.45, 7) is 1.83. The van der Waals surface area contributed by atoms with E-state index in [0.29, 0.717) is 20.9 Å². The van der Waals surface area contributed by atoms with Crippen LogP contribution in [-0.2, 0) is 9.59 Å². The van der Waals surface area contributed by atoms with Crippen molar-refractivity contribution < 1.29 is 9.59 Å². The molecule has 0 bridgehead atoms. The van der Waals surface area contributed by atoms with Crippen molar-refractivity contribution >= 4 is 52.5 Å². The molecule has 1 heterocycles. The zero-order chi connectivity index (χ0) is 21.7. The predicted octanol–water partition coefficient (Wildman–Crippen LogP) is 4.07. The Morgan fingerprint density at radius 2 is 1.93 bits per heavy atom. The molecule has 0 aliphatic rings. The third-order valence-corrected chi connectivity index (χ3v) is 5.89. The van der Waals surface area contributed by atoms with Crippen LogP contribution in [0.15, 0.2) is 53.9 Å². The normalized spacial score (nSPS) is 10.7. The van der Waals surface area contributed by atoms with Gasteiger partial charge in [0.05, 0.1) is 28.7 Å². The fourth-order valence-corrected chi connectivity index (χ4v) is 3.75. The predicted molar refractivity (Wildman–Crippen MR) is 120 cm³/mol. The number of thioether (sulfide) groups is 1. The minimum atomic E-state index is -0.332. The van der Waals surface area contributed by atoms with Crippen LogP contribution in [0, 0.1) is 6.92 Å². The first-order valence-electron chi connectivity index (χ1n) is 8.93. The van der Waals surface area contributed by atoms with E-state index in [1.165, 1.54) is 16.7 Å². The highest BCUT2D eigenvalue weighted by atomic mass is 35.5. The number of nitrogens with one attached hydrogen (secondary N) is 1. The molecule has 0 saturated heterocycles. The highest BCUT2D eigenvalue weighted by Gasteiger charge is 2.16. The van der Waals surface area contributed by atoms with E-state index >= 15 is 0 Å². The number of benzene rings is 2. The molecule has 2 aromatic carbocycles. The van der Waals surface area contributed by atoms with Crippen LogP contribution in [-0.4, -0.2) is 50.8 Å². The fraction of sp³-hybridized carbons (Fsp3) is 0.200. The van der Waals surface area contributed by atoms with E-state index in [-0.39, 0.29) is 24.1 Å². The molecule has 10 heteroatoms. The number of hydrogen-bond donors (Lipinski definition) is 1. The van der Waals surface area contributed by atoms with Crippen LogP contribution in [0.2, 0.25) is 10.0 Å². The van der Waals surface area contributed by atoms with Gasteiger partial charge < -0.3 is 10.2 Å². The molecule has 0 unspecified atom stereocenters. The number of carbonyl (C=O) groups excluding carboxylic acids is 2. The molecular weight excluding hydrogens is 445 g/mol. The molecule has 3 rings (SSSR count). The van der Waals surface area contributed by atoms with Crippen LogP contribution in [0.3, 0.4) is 0 Å². The molecule has 0 radical (unpaired) electrons. The number of aryl methyl sites for hydroxylation is 1. The van der Waals surface area contributed by atoms with E-state index in [9.17, 15) is 9.59 Å². The van der Waals surface area contributed by atoms with E-state index in [1.54, 1.807) is 42.2 Å². The minimum absolute atomic E-state index is 0.0924. The summed E-state index contributed by atoms with van der Waals surface area (Å²) in [7, 11) is 1.57. The average Bonchev–Trinajstić information content (AvgIpc) is 3.18. The van der Waals surface area contributed by atoms with Gasteiger partial charge in [-0.05, 0) is 36.8 Å². The quantitative estimate of drug-likeness (QED) is 0.534. The van der Waals surface area contributed by atoms with Crippen LogP contribution < -0.4 is 5.32 Å². The maximum atomic E-state index is 12.5. The Balaban J connectivity index is 1.57. The minimum Gasteiger partial charge on any atom is -0.336 e. The summed E-state index contributed by atoms with van der Waals surface area (Å²) in [6.07, 6.45) is 1.56. The SMILES string of the molecule is Cc1ccc(-n2cnnc2SCC(=O)N(C)CC(=O)Nc2ccccc2Cl)cc1Cl. The van der Waals surface area contributed by atoms with E-state index in [2.05, 4.69) is 15.5 Å². The second-order valence-corrected chi connectivity index (χ2v) is 8.24. The van der Waals surface area contributed by atoms with Gasteiger partial charge >= 0.3 is 0 Å². The third kappa shape index (κ3) is 5.53. The Labute approximate surface area is 188 Å². The number of likely N-dealkylation sites (N-methyl/N-ethyl adjacent to an activating group) is 1. The van der Waals surface area contributed by atoms with Crippen molar-refractivity contribution in [3.63, 3.8) is 0 Å². The molecule has 2 amide bonds. The summed E-state index contributed by atoms with van der Waals surface area (Å²) in [6, 6.07) is 12.5. The molecule has 0 fully saturated rings. The molecule has 1 aromatic heterocycles. The molecule has 1 N–H and O–H groups in total. The molecule has 0 spiro atoms. The van der Waals surface area contributed by atoms with Crippen LogP contribution >= 0.6 is 35.0 Å². The Hall–Kier alpha value is -2.55. The second-order valence-electron chi connectivity index (χ2n) is 6.48. The lowest BCUT2D eigenvalue weighted by molar-refractivity contribution is -0.131. The monoisotopic (exact) mass is 463 g/mol. The van der Waals surface area contributed by atoms with Crippen molar-refractivity contribution in [3.8, 4) is 5.69 Å². The summed E-state index contributed by atoms with van der Waals surface area (Å²) in [4.78, 5) is 26.0. The molecule has 7 nitrogen and oxygen atoms in total. The smallest absolute Gasteiger partial charge is 0.244 e. The van der Waals surface area contributed by atoms with Gasteiger partial charge in [-0.1, -0.05) is 53.2 Å². The number of hydrogen-bond acceptors (Lipinski definition) is 5. The second kappa shape index (κ2) is 9.97. The van der Waals surface area contributed by atoms with Gasteiger partial charge in [-0.3, -0.25) is 14.2 Å². The van der Waals surface area contributed by atoms with Gasteiger partial charge in [-0.25, -0.2) is 0 Å². The molecule has 0 aliphatic heterocycles. The molecule has 0 aliphatic carbocycles. The first-order chi connectivity index (χ1) is 14.3.